The van der Waals surface area contributed by atoms with E-state index in [1.54, 1.807) is 0 Å². The number of aliphatic carboxylic acids is 4. The van der Waals surface area contributed by atoms with Gasteiger partial charge in [-0.2, -0.15) is 0 Å². The Kier molecular flexibility index (Phi) is 29.6. The van der Waals surface area contributed by atoms with Crippen LogP contribution >= 0.6 is 0 Å². The van der Waals surface area contributed by atoms with Crippen molar-refractivity contribution in [3.05, 3.63) is 0 Å². The van der Waals surface area contributed by atoms with E-state index >= 15 is 0 Å². The summed E-state index contributed by atoms with van der Waals surface area (Å²) in [4.78, 5) is 95.3. The molecule has 0 aromatic heterocycles. The lowest BCUT2D eigenvalue weighted by atomic mass is 9.78. The molecule has 0 aliphatic heterocycles. The number of carbonyl (C=O) groups is 8. The van der Waals surface area contributed by atoms with E-state index in [0.717, 1.165) is 51.4 Å². The number of unbranched alkanes of at least 4 members (excludes halogenated alkanes) is 14. The maximum atomic E-state index is 13.1. The Bertz CT molecular complexity index is 1280. The fourth-order valence-corrected chi connectivity index (χ4v) is 7.70. The zero-order valence-electron chi connectivity index (χ0n) is 35.4. The van der Waals surface area contributed by atoms with Crippen LogP contribution in [0.1, 0.15) is 186 Å². The lowest BCUT2D eigenvalue weighted by Gasteiger charge is -2.28. The van der Waals surface area contributed by atoms with Gasteiger partial charge in [-0.05, 0) is 76.5 Å². The first-order chi connectivity index (χ1) is 28.2. The lowest BCUT2D eigenvalue weighted by Crippen LogP contribution is -2.33. The normalized spacial score (nSPS) is 16.7. The largest absolute Gasteiger partial charge is 0.481 e. The monoisotopic (exact) mass is 838 g/mol. The van der Waals surface area contributed by atoms with Gasteiger partial charge in [0.2, 0.25) is 11.8 Å². The zero-order chi connectivity index (χ0) is 43.8. The maximum Gasteiger partial charge on any atom is 0.320 e. The van der Waals surface area contributed by atoms with Crippen molar-refractivity contribution in [1.82, 2.24) is 10.6 Å². The highest BCUT2D eigenvalue weighted by molar-refractivity contribution is 5.87. The Morgan fingerprint density at radius 1 is 0.492 bits per heavy atom. The summed E-state index contributed by atoms with van der Waals surface area (Å²) in [6, 6.07) is -0.967. The third-order valence-corrected chi connectivity index (χ3v) is 11.6. The molecule has 1 rings (SSSR count). The standard InChI is InChI=1S/C44H75N3O12/c45-37(44(58)59)17-15-16-28-46-40(51)27-25-34(42(54)55)29-36(48)26-24-35(43(56)57)30-38(49)33-22-20-32(21-23-33)31-47-39(50)18-13-11-9-7-5-3-1-2-4-6-8-10-12-14-19-41(52)53/h32-35,37H,1-31,45H2,(H,46,51)(H,47,50)(H,52,53)(H,54,55)(H,56,57)(H,58,59)/t32?,33?,34-,35-,37+/m1/s1. The fourth-order valence-electron chi connectivity index (χ4n) is 7.70. The topological polar surface area (TPSA) is 268 Å². The van der Waals surface area contributed by atoms with Crippen LogP contribution in [0, 0.1) is 23.7 Å². The van der Waals surface area contributed by atoms with E-state index in [9.17, 15) is 48.6 Å². The van der Waals surface area contributed by atoms with Gasteiger partial charge in [-0.3, -0.25) is 38.4 Å². The molecular weight excluding hydrogens is 762 g/mol. The summed E-state index contributed by atoms with van der Waals surface area (Å²) < 4.78 is 0. The van der Waals surface area contributed by atoms with Crippen molar-refractivity contribution in [1.29, 1.82) is 0 Å². The van der Waals surface area contributed by atoms with Crippen molar-refractivity contribution in [3.8, 4) is 0 Å². The second-order valence-electron chi connectivity index (χ2n) is 16.7. The molecule has 15 heteroatoms. The number of carboxylic acids is 4. The van der Waals surface area contributed by atoms with Gasteiger partial charge in [0, 0.05) is 57.5 Å². The van der Waals surface area contributed by atoms with Gasteiger partial charge in [0.25, 0.3) is 0 Å². The molecule has 0 saturated heterocycles. The molecule has 1 saturated carbocycles. The Morgan fingerprint density at radius 2 is 0.966 bits per heavy atom. The molecule has 0 aromatic carbocycles. The molecule has 0 heterocycles. The summed E-state index contributed by atoms with van der Waals surface area (Å²) in [6.07, 6.45) is 19.6. The van der Waals surface area contributed by atoms with Crippen molar-refractivity contribution in [2.45, 2.75) is 192 Å². The van der Waals surface area contributed by atoms with Crippen molar-refractivity contribution in [3.63, 3.8) is 0 Å². The third-order valence-electron chi connectivity index (χ3n) is 11.6. The molecule has 1 aliphatic rings. The highest BCUT2D eigenvalue weighted by Gasteiger charge is 2.31. The number of ketones is 2. The zero-order valence-corrected chi connectivity index (χ0v) is 35.4. The number of amides is 2. The molecule has 15 nitrogen and oxygen atoms in total. The summed E-state index contributed by atoms with van der Waals surface area (Å²) in [6.45, 7) is 0.849. The van der Waals surface area contributed by atoms with Crippen LogP contribution in [0.25, 0.3) is 0 Å². The minimum absolute atomic E-state index is 0.0497. The molecule has 0 unspecified atom stereocenters. The molecule has 59 heavy (non-hydrogen) atoms. The third kappa shape index (κ3) is 28.3. The summed E-state index contributed by atoms with van der Waals surface area (Å²) in [5.74, 6) is -7.31. The number of hydrogen-bond donors (Lipinski definition) is 7. The maximum absolute atomic E-state index is 13.1. The van der Waals surface area contributed by atoms with E-state index in [-0.39, 0.29) is 81.4 Å². The number of carboxylic acid groups (broad SMARTS) is 4. The number of nitrogens with two attached hydrogens (primary N) is 1. The number of Topliss-reactive ketones (excluding diaryl/α,β-unsaturated/α-hetero) is 2. The Hall–Kier alpha value is -3.88. The predicted octanol–water partition coefficient (Wildman–Crippen LogP) is 6.81. The van der Waals surface area contributed by atoms with Gasteiger partial charge in [-0.1, -0.05) is 77.0 Å². The van der Waals surface area contributed by atoms with Crippen molar-refractivity contribution < 1.29 is 58.8 Å². The van der Waals surface area contributed by atoms with Crippen LogP contribution in [-0.4, -0.2) is 86.8 Å². The minimum Gasteiger partial charge on any atom is -0.481 e. The highest BCUT2D eigenvalue weighted by atomic mass is 16.4. The molecule has 338 valence electrons. The average Bonchev–Trinajstić information content (AvgIpc) is 3.19. The second-order valence-corrected chi connectivity index (χ2v) is 16.7. The Morgan fingerprint density at radius 3 is 1.47 bits per heavy atom. The van der Waals surface area contributed by atoms with Gasteiger partial charge in [-0.25, -0.2) is 0 Å². The van der Waals surface area contributed by atoms with Crippen LogP contribution < -0.4 is 16.4 Å². The molecule has 0 spiro atoms. The average molecular weight is 838 g/mol. The van der Waals surface area contributed by atoms with Crippen molar-refractivity contribution in [2.75, 3.05) is 13.1 Å². The molecule has 8 N–H and O–H groups in total. The smallest absolute Gasteiger partial charge is 0.320 e. The molecular formula is C44H75N3O12. The van der Waals surface area contributed by atoms with Gasteiger partial charge in [0.05, 0.1) is 11.8 Å². The van der Waals surface area contributed by atoms with Crippen LogP contribution in [0.2, 0.25) is 0 Å². The molecule has 3 atom stereocenters. The minimum atomic E-state index is -1.23. The summed E-state index contributed by atoms with van der Waals surface area (Å²) in [7, 11) is 0. The van der Waals surface area contributed by atoms with Crippen molar-refractivity contribution in [2.24, 2.45) is 29.4 Å². The van der Waals surface area contributed by atoms with E-state index in [1.165, 1.54) is 51.4 Å². The Labute approximate surface area is 350 Å². The van der Waals surface area contributed by atoms with Crippen LogP contribution in [0.5, 0.6) is 0 Å². The Balaban J connectivity index is 2.19. The van der Waals surface area contributed by atoms with Gasteiger partial charge in [0.15, 0.2) is 0 Å². The molecule has 0 aromatic rings. The van der Waals surface area contributed by atoms with E-state index in [1.807, 2.05) is 0 Å². The SMILES string of the molecule is N[C@@H](CCCCNC(=O)CC[C@H](CC(=O)CC[C@H](CC(=O)C1CCC(CNC(=O)CCCCCCCCCCCCCCCCC(=O)O)CC1)C(=O)O)C(=O)O)C(=O)O. The molecule has 1 fully saturated rings. The number of rotatable bonds is 38. The number of nitrogens with one attached hydrogen (secondary N) is 2. The molecule has 0 radical (unpaired) electrons. The quantitative estimate of drug-likeness (QED) is 0.0315. The first kappa shape index (κ1) is 53.1. The van der Waals surface area contributed by atoms with E-state index in [4.69, 9.17) is 15.9 Å². The molecule has 1 aliphatic carbocycles. The van der Waals surface area contributed by atoms with E-state index in [2.05, 4.69) is 10.6 Å². The molecule has 0 bridgehead atoms. The van der Waals surface area contributed by atoms with Crippen LogP contribution in [0.3, 0.4) is 0 Å². The number of carbonyl (C=O) groups excluding carboxylic acids is 4. The summed E-state index contributed by atoms with van der Waals surface area (Å²) in [5.41, 5.74) is 5.44. The summed E-state index contributed by atoms with van der Waals surface area (Å²) >= 11 is 0. The highest BCUT2D eigenvalue weighted by Crippen LogP contribution is 2.31. The van der Waals surface area contributed by atoms with Gasteiger partial charge in [-0.15, -0.1) is 0 Å². The van der Waals surface area contributed by atoms with Gasteiger partial charge in [0.1, 0.15) is 17.6 Å². The number of hydrogen-bond acceptors (Lipinski definition) is 9. The van der Waals surface area contributed by atoms with Crippen LogP contribution in [0.15, 0.2) is 0 Å². The van der Waals surface area contributed by atoms with Gasteiger partial charge >= 0.3 is 23.9 Å². The van der Waals surface area contributed by atoms with Crippen LogP contribution in [-0.2, 0) is 38.4 Å². The second kappa shape index (κ2) is 32.9. The van der Waals surface area contributed by atoms with Gasteiger partial charge < -0.3 is 36.8 Å². The predicted molar refractivity (Wildman–Crippen MR) is 222 cm³/mol. The lowest BCUT2D eigenvalue weighted by molar-refractivity contribution is -0.146. The van der Waals surface area contributed by atoms with E-state index in [0.29, 0.717) is 38.6 Å². The van der Waals surface area contributed by atoms with Crippen molar-refractivity contribution >= 4 is 47.3 Å². The first-order valence-corrected chi connectivity index (χ1v) is 22.4. The summed E-state index contributed by atoms with van der Waals surface area (Å²) in [5, 5.41) is 42.5. The van der Waals surface area contributed by atoms with Crippen LogP contribution in [0.4, 0.5) is 0 Å². The fraction of sp³-hybridized carbons (Fsp3) is 0.818. The molecule has 2 amide bonds. The first-order valence-electron chi connectivity index (χ1n) is 22.4. The van der Waals surface area contributed by atoms with E-state index < -0.39 is 53.4 Å².